The van der Waals surface area contributed by atoms with Gasteiger partial charge in [0.25, 0.3) is 0 Å². The van der Waals surface area contributed by atoms with Crippen LogP contribution >= 0.6 is 0 Å². The van der Waals surface area contributed by atoms with E-state index in [1.807, 2.05) is 24.3 Å². The largest absolute Gasteiger partial charge is 0.513 e. The summed E-state index contributed by atoms with van der Waals surface area (Å²) in [7, 11) is 0. The number of carbonyl (C=O) groups excluding carboxylic acids is 2. The van der Waals surface area contributed by atoms with Crippen LogP contribution in [0, 0.1) is 5.92 Å². The van der Waals surface area contributed by atoms with Crippen molar-refractivity contribution in [1.29, 1.82) is 0 Å². The minimum atomic E-state index is -0.874. The highest BCUT2D eigenvalue weighted by molar-refractivity contribution is 5.95. The number of carbonyl (C=O) groups is 2. The number of rotatable bonds is 12. The van der Waals surface area contributed by atoms with Crippen molar-refractivity contribution < 1.29 is 28.5 Å². The normalized spacial score (nSPS) is 11.4. The van der Waals surface area contributed by atoms with Crippen LogP contribution in [-0.4, -0.2) is 35.3 Å². The van der Waals surface area contributed by atoms with Gasteiger partial charge in [-0.3, -0.25) is 0 Å². The Hall–Kier alpha value is -3.94. The van der Waals surface area contributed by atoms with Gasteiger partial charge in [-0.25, -0.2) is 19.6 Å². The summed E-state index contributed by atoms with van der Waals surface area (Å²) in [5.74, 6) is 0.437. The van der Waals surface area contributed by atoms with E-state index in [9.17, 15) is 9.59 Å². The van der Waals surface area contributed by atoms with Crippen LogP contribution in [0.2, 0.25) is 0 Å². The number of benzene rings is 2. The van der Waals surface area contributed by atoms with Crippen molar-refractivity contribution >= 4 is 12.1 Å². The molecule has 1 aromatic heterocycles. The lowest BCUT2D eigenvalue weighted by molar-refractivity contribution is 0.0719. The lowest BCUT2D eigenvalue weighted by Crippen LogP contribution is -2.16. The number of nitrogens with zero attached hydrogens (tertiary/aromatic N) is 2. The van der Waals surface area contributed by atoms with Crippen molar-refractivity contribution in [3.63, 3.8) is 0 Å². The molecule has 0 aliphatic heterocycles. The molecule has 8 heteroatoms. The molecule has 8 nitrogen and oxygen atoms in total. The van der Waals surface area contributed by atoms with Crippen LogP contribution in [0.15, 0.2) is 60.9 Å². The highest BCUT2D eigenvalue weighted by atomic mass is 16.7. The highest BCUT2D eigenvalue weighted by Crippen LogP contribution is 2.30. The fourth-order valence-electron chi connectivity index (χ4n) is 3.18. The molecular weight excluding hydrogens is 460 g/mol. The summed E-state index contributed by atoms with van der Waals surface area (Å²) in [5.41, 5.74) is 1.13. The number of para-hydroxylation sites is 1. The molecule has 0 bridgehead atoms. The van der Waals surface area contributed by atoms with Crippen LogP contribution < -0.4 is 14.2 Å². The Morgan fingerprint density at radius 1 is 0.944 bits per heavy atom. The Morgan fingerprint density at radius 2 is 1.75 bits per heavy atom. The zero-order valence-electron chi connectivity index (χ0n) is 20.9. The van der Waals surface area contributed by atoms with E-state index < -0.39 is 12.1 Å². The number of esters is 1. The molecule has 0 aliphatic carbocycles. The van der Waals surface area contributed by atoms with Crippen molar-refractivity contribution in [3.8, 4) is 28.6 Å². The third-order valence-electron chi connectivity index (χ3n) is 5.46. The van der Waals surface area contributed by atoms with E-state index in [2.05, 4.69) is 30.7 Å². The first kappa shape index (κ1) is 26.7. The number of hydrogen-bond acceptors (Lipinski definition) is 8. The van der Waals surface area contributed by atoms with E-state index in [4.69, 9.17) is 18.9 Å². The smallest absolute Gasteiger partial charge is 0.493 e. The van der Waals surface area contributed by atoms with Crippen LogP contribution in [0.5, 0.6) is 17.4 Å². The highest BCUT2D eigenvalue weighted by Gasteiger charge is 2.20. The van der Waals surface area contributed by atoms with Crippen molar-refractivity contribution in [3.05, 3.63) is 66.5 Å². The monoisotopic (exact) mass is 492 g/mol. The van der Waals surface area contributed by atoms with Crippen LogP contribution in [0.4, 0.5) is 4.79 Å². The second-order valence-corrected chi connectivity index (χ2v) is 8.36. The molecule has 3 aromatic rings. The Bertz CT molecular complexity index is 1150. The summed E-state index contributed by atoms with van der Waals surface area (Å²) < 4.78 is 21.8. The number of hydrogen-bond donors (Lipinski definition) is 0. The first-order chi connectivity index (χ1) is 17.5. The minimum absolute atomic E-state index is 0.0264. The number of aromatic nitrogens is 2. The Balaban J connectivity index is 1.75. The van der Waals surface area contributed by atoms with E-state index in [1.165, 1.54) is 24.5 Å². The summed E-state index contributed by atoms with van der Waals surface area (Å²) in [4.78, 5) is 33.7. The summed E-state index contributed by atoms with van der Waals surface area (Å²) in [6.07, 6.45) is 5.80. The third-order valence-corrected chi connectivity index (χ3v) is 5.46. The van der Waals surface area contributed by atoms with E-state index >= 15 is 0 Å². The van der Waals surface area contributed by atoms with E-state index in [1.54, 1.807) is 12.1 Å². The lowest BCUT2D eigenvalue weighted by Gasteiger charge is -2.13. The minimum Gasteiger partial charge on any atom is -0.493 e. The molecule has 0 saturated heterocycles. The van der Waals surface area contributed by atoms with Gasteiger partial charge in [0.2, 0.25) is 5.88 Å². The van der Waals surface area contributed by atoms with Gasteiger partial charge in [-0.05, 0) is 36.6 Å². The maximum absolute atomic E-state index is 13.0. The fraction of sp³-hybridized carbons (Fsp3) is 0.357. The average Bonchev–Trinajstić information content (AvgIpc) is 2.90. The van der Waals surface area contributed by atoms with E-state index in [0.29, 0.717) is 29.5 Å². The van der Waals surface area contributed by atoms with Crippen molar-refractivity contribution in [2.24, 2.45) is 5.92 Å². The molecule has 2 aromatic carbocycles. The molecule has 1 atom stereocenters. The number of ether oxygens (including phenoxy) is 4. The molecule has 1 heterocycles. The number of unbranched alkanes of at least 4 members (excludes halogenated alkanes) is 2. The fourth-order valence-corrected chi connectivity index (χ4v) is 3.18. The first-order valence-electron chi connectivity index (χ1n) is 12.2. The Morgan fingerprint density at radius 3 is 2.56 bits per heavy atom. The maximum Gasteiger partial charge on any atom is 0.513 e. The standard InChI is InChI=1S/C28H32N2O6/c1-4-6-9-17-33-28(32)35-24-14-8-7-13-23(24)27(31)36-26-25(29-15-16-30-26)21-11-10-12-22(18-21)34-19-20(3)5-2/h7-8,10-16,18,20H,4-6,9,17,19H2,1-3H3. The van der Waals surface area contributed by atoms with E-state index in [-0.39, 0.29) is 23.8 Å². The van der Waals surface area contributed by atoms with Gasteiger partial charge in [0, 0.05) is 18.0 Å². The maximum atomic E-state index is 13.0. The molecule has 190 valence electrons. The van der Waals surface area contributed by atoms with Gasteiger partial charge in [-0.15, -0.1) is 0 Å². The predicted octanol–water partition coefficient (Wildman–Crippen LogP) is 6.49. The second kappa shape index (κ2) is 13.8. The Labute approximate surface area is 211 Å². The first-order valence-corrected chi connectivity index (χ1v) is 12.2. The third kappa shape index (κ3) is 7.80. The van der Waals surface area contributed by atoms with Gasteiger partial charge in [-0.2, -0.15) is 0 Å². The van der Waals surface area contributed by atoms with Gasteiger partial charge < -0.3 is 18.9 Å². The molecule has 0 fully saturated rings. The molecule has 1 unspecified atom stereocenters. The zero-order valence-corrected chi connectivity index (χ0v) is 20.9. The molecule has 0 radical (unpaired) electrons. The lowest BCUT2D eigenvalue weighted by atomic mass is 10.1. The van der Waals surface area contributed by atoms with Crippen LogP contribution in [0.3, 0.4) is 0 Å². The van der Waals surface area contributed by atoms with Crippen LogP contribution in [0.25, 0.3) is 11.3 Å². The van der Waals surface area contributed by atoms with Gasteiger partial charge in [-0.1, -0.05) is 64.3 Å². The van der Waals surface area contributed by atoms with Crippen molar-refractivity contribution in [2.75, 3.05) is 13.2 Å². The molecular formula is C28H32N2O6. The van der Waals surface area contributed by atoms with Crippen LogP contribution in [-0.2, 0) is 4.74 Å². The topological polar surface area (TPSA) is 96.8 Å². The van der Waals surface area contributed by atoms with Gasteiger partial charge >= 0.3 is 12.1 Å². The zero-order chi connectivity index (χ0) is 25.8. The molecule has 0 saturated carbocycles. The molecule has 0 spiro atoms. The van der Waals surface area contributed by atoms with E-state index in [0.717, 1.165) is 25.7 Å². The summed E-state index contributed by atoms with van der Waals surface area (Å²) in [6.45, 7) is 7.14. The van der Waals surface area contributed by atoms with Crippen LogP contribution in [0.1, 0.15) is 56.8 Å². The molecule has 0 amide bonds. The molecule has 36 heavy (non-hydrogen) atoms. The predicted molar refractivity (Wildman–Crippen MR) is 135 cm³/mol. The summed E-state index contributed by atoms with van der Waals surface area (Å²) in [6, 6.07) is 13.7. The molecule has 0 N–H and O–H groups in total. The van der Waals surface area contributed by atoms with Crippen molar-refractivity contribution in [1.82, 2.24) is 9.97 Å². The SMILES string of the molecule is CCCCCOC(=O)Oc1ccccc1C(=O)Oc1nccnc1-c1cccc(OCC(C)CC)c1. The van der Waals surface area contributed by atoms with Crippen molar-refractivity contribution in [2.45, 2.75) is 46.5 Å². The average molecular weight is 493 g/mol. The quantitative estimate of drug-likeness (QED) is 0.161. The summed E-state index contributed by atoms with van der Waals surface area (Å²) >= 11 is 0. The second-order valence-electron chi connectivity index (χ2n) is 8.36. The van der Waals surface area contributed by atoms with Gasteiger partial charge in [0.05, 0.1) is 13.2 Å². The molecule has 0 aliphatic rings. The molecule has 3 rings (SSSR count). The van der Waals surface area contributed by atoms with Gasteiger partial charge in [0.15, 0.2) is 0 Å². The van der Waals surface area contributed by atoms with Gasteiger partial charge in [0.1, 0.15) is 22.8 Å². The Kier molecular flexibility index (Phi) is 10.2. The summed E-state index contributed by atoms with van der Waals surface area (Å²) in [5, 5.41) is 0.